The molecule has 9 heteroatoms. The molecular weight excluding hydrogens is 398 g/mol. The lowest BCUT2D eigenvalue weighted by Crippen LogP contribution is -2.28. The highest BCUT2D eigenvalue weighted by Gasteiger charge is 2.27. The van der Waals surface area contributed by atoms with Gasteiger partial charge >= 0.3 is 0 Å². The SMILES string of the molecule is CC(C)[C@H](O)C(=O)Cc1sc(S(=O)(=O)c2ccc(Cl)cc2)cc1C(N)=O. The Morgan fingerprint density at radius 2 is 1.81 bits per heavy atom. The molecule has 6 nitrogen and oxygen atoms in total. The number of nitrogens with two attached hydrogens (primary N) is 1. The Bertz CT molecular complexity index is 933. The maximum absolute atomic E-state index is 12.7. The van der Waals surface area contributed by atoms with Gasteiger partial charge in [-0.15, -0.1) is 11.3 Å². The van der Waals surface area contributed by atoms with Crippen LogP contribution in [0.15, 0.2) is 39.4 Å². The van der Waals surface area contributed by atoms with E-state index in [1.807, 2.05) is 0 Å². The Hall–Kier alpha value is -1.74. The van der Waals surface area contributed by atoms with Crippen LogP contribution in [0.4, 0.5) is 0 Å². The predicted octanol–water partition coefficient (Wildman–Crippen LogP) is 2.46. The Labute approximate surface area is 160 Å². The van der Waals surface area contributed by atoms with E-state index in [1.54, 1.807) is 13.8 Å². The van der Waals surface area contributed by atoms with Gasteiger partial charge in [0.05, 0.1) is 10.5 Å². The molecule has 26 heavy (non-hydrogen) atoms. The molecule has 1 heterocycles. The number of ketones is 1. The first kappa shape index (κ1) is 20.6. The van der Waals surface area contributed by atoms with E-state index in [-0.39, 0.29) is 31.9 Å². The van der Waals surface area contributed by atoms with Crippen molar-refractivity contribution in [2.45, 2.75) is 35.5 Å². The minimum Gasteiger partial charge on any atom is -0.385 e. The predicted molar refractivity (Wildman–Crippen MR) is 99.3 cm³/mol. The van der Waals surface area contributed by atoms with Crippen LogP contribution < -0.4 is 5.73 Å². The summed E-state index contributed by atoms with van der Waals surface area (Å²) in [5.74, 6) is -1.63. The number of Topliss-reactive ketones (excluding diaryl/α,β-unsaturated/α-hetero) is 1. The third-order valence-corrected chi connectivity index (χ3v) is 7.37. The molecule has 0 bridgehead atoms. The molecule has 2 aromatic rings. The zero-order chi connectivity index (χ0) is 19.6. The van der Waals surface area contributed by atoms with Crippen LogP contribution >= 0.6 is 22.9 Å². The zero-order valence-electron chi connectivity index (χ0n) is 14.1. The molecule has 1 atom stereocenters. The van der Waals surface area contributed by atoms with Crippen LogP contribution in [0, 0.1) is 5.92 Å². The lowest BCUT2D eigenvalue weighted by atomic mass is 10.00. The monoisotopic (exact) mass is 415 g/mol. The van der Waals surface area contributed by atoms with Gasteiger partial charge in [0, 0.05) is 16.3 Å². The highest BCUT2D eigenvalue weighted by atomic mass is 35.5. The number of aliphatic hydroxyl groups excluding tert-OH is 1. The first-order chi connectivity index (χ1) is 12.0. The average molecular weight is 416 g/mol. The van der Waals surface area contributed by atoms with Crippen molar-refractivity contribution in [2.75, 3.05) is 0 Å². The van der Waals surface area contributed by atoms with E-state index in [2.05, 4.69) is 0 Å². The maximum Gasteiger partial charge on any atom is 0.249 e. The Morgan fingerprint density at radius 1 is 1.23 bits per heavy atom. The minimum atomic E-state index is -3.89. The minimum absolute atomic E-state index is 0.0132. The second-order valence-corrected chi connectivity index (χ2v) is 9.81. The van der Waals surface area contributed by atoms with E-state index in [1.165, 1.54) is 30.3 Å². The summed E-state index contributed by atoms with van der Waals surface area (Å²) >= 11 is 6.57. The van der Waals surface area contributed by atoms with Crippen molar-refractivity contribution in [3.8, 4) is 0 Å². The number of primary amides is 1. The van der Waals surface area contributed by atoms with Crippen molar-refractivity contribution in [3.63, 3.8) is 0 Å². The normalized spacial score (nSPS) is 13.0. The van der Waals surface area contributed by atoms with Gasteiger partial charge in [0.15, 0.2) is 5.78 Å². The van der Waals surface area contributed by atoms with Crippen LogP contribution in [0.1, 0.15) is 29.1 Å². The maximum atomic E-state index is 12.7. The molecule has 1 aromatic carbocycles. The second kappa shape index (κ2) is 7.87. The molecule has 0 unspecified atom stereocenters. The van der Waals surface area contributed by atoms with Crippen molar-refractivity contribution in [1.29, 1.82) is 0 Å². The Kier molecular flexibility index (Phi) is 6.23. The molecule has 0 spiro atoms. The van der Waals surface area contributed by atoms with Crippen molar-refractivity contribution in [1.82, 2.24) is 0 Å². The van der Waals surface area contributed by atoms with E-state index < -0.39 is 27.6 Å². The van der Waals surface area contributed by atoms with Gasteiger partial charge in [-0.2, -0.15) is 0 Å². The Balaban J connectivity index is 2.44. The number of thiophene rings is 1. The number of benzene rings is 1. The van der Waals surface area contributed by atoms with Crippen LogP contribution in [0.2, 0.25) is 5.02 Å². The molecular formula is C17H18ClNO5S2. The van der Waals surface area contributed by atoms with E-state index >= 15 is 0 Å². The van der Waals surface area contributed by atoms with Gasteiger partial charge in [0.1, 0.15) is 10.3 Å². The number of hydrogen-bond donors (Lipinski definition) is 2. The molecule has 0 radical (unpaired) electrons. The van der Waals surface area contributed by atoms with Gasteiger partial charge in [-0.25, -0.2) is 8.42 Å². The number of halogens is 1. The average Bonchev–Trinajstić information content (AvgIpc) is 2.99. The lowest BCUT2D eigenvalue weighted by molar-refractivity contribution is -0.128. The molecule has 3 N–H and O–H groups in total. The third-order valence-electron chi connectivity index (χ3n) is 3.74. The molecule has 1 amide bonds. The highest BCUT2D eigenvalue weighted by Crippen LogP contribution is 2.32. The second-order valence-electron chi connectivity index (χ2n) is 6.06. The van der Waals surface area contributed by atoms with Gasteiger partial charge in [0.25, 0.3) is 0 Å². The summed E-state index contributed by atoms with van der Waals surface area (Å²) in [6.45, 7) is 3.37. The first-order valence-electron chi connectivity index (χ1n) is 7.68. The van der Waals surface area contributed by atoms with Gasteiger partial charge in [-0.3, -0.25) is 9.59 Å². The molecule has 0 aliphatic rings. The number of rotatable bonds is 7. The van der Waals surface area contributed by atoms with Crippen LogP contribution in [-0.2, 0) is 21.1 Å². The van der Waals surface area contributed by atoms with E-state index in [0.717, 1.165) is 11.3 Å². The van der Waals surface area contributed by atoms with E-state index in [0.29, 0.717) is 5.02 Å². The van der Waals surface area contributed by atoms with Gasteiger partial charge in [-0.1, -0.05) is 25.4 Å². The summed E-state index contributed by atoms with van der Waals surface area (Å²) in [4.78, 5) is 24.0. The van der Waals surface area contributed by atoms with Crippen molar-refractivity contribution in [3.05, 3.63) is 45.8 Å². The molecule has 1 aromatic heterocycles. The van der Waals surface area contributed by atoms with Crippen LogP contribution in [0.3, 0.4) is 0 Å². The standard InChI is InChI=1S/C17H18ClNO5S2/c1-9(2)16(21)13(20)8-14-12(17(19)22)7-15(25-14)26(23,24)11-5-3-10(18)4-6-11/h3-7,9,16,21H,8H2,1-2H3,(H2,19,22)/t16-/m0/s1. The number of sulfone groups is 1. The molecule has 0 fully saturated rings. The number of carbonyl (C=O) groups excluding carboxylic acids is 2. The number of amides is 1. The molecule has 0 aliphatic carbocycles. The van der Waals surface area contributed by atoms with Gasteiger partial charge < -0.3 is 10.8 Å². The summed E-state index contributed by atoms with van der Waals surface area (Å²) in [6.07, 6.45) is -1.47. The molecule has 0 saturated heterocycles. The summed E-state index contributed by atoms with van der Waals surface area (Å²) in [6, 6.07) is 6.77. The molecule has 2 rings (SSSR count). The molecule has 0 saturated carbocycles. The number of aliphatic hydroxyl groups is 1. The number of hydrogen-bond acceptors (Lipinski definition) is 6. The van der Waals surface area contributed by atoms with Crippen LogP contribution in [0.5, 0.6) is 0 Å². The van der Waals surface area contributed by atoms with Crippen molar-refractivity contribution < 1.29 is 23.1 Å². The molecule has 0 aliphatic heterocycles. The zero-order valence-corrected chi connectivity index (χ0v) is 16.5. The fourth-order valence-corrected chi connectivity index (χ4v) is 5.30. The van der Waals surface area contributed by atoms with Crippen molar-refractivity contribution >= 4 is 44.5 Å². The third kappa shape index (κ3) is 4.32. The van der Waals surface area contributed by atoms with Crippen molar-refractivity contribution in [2.24, 2.45) is 11.7 Å². The number of carbonyl (C=O) groups is 2. The van der Waals surface area contributed by atoms with Gasteiger partial charge in [0.2, 0.25) is 15.7 Å². The fourth-order valence-electron chi connectivity index (χ4n) is 2.24. The topological polar surface area (TPSA) is 115 Å². The van der Waals surface area contributed by atoms with E-state index in [4.69, 9.17) is 17.3 Å². The smallest absolute Gasteiger partial charge is 0.249 e. The largest absolute Gasteiger partial charge is 0.385 e. The summed E-state index contributed by atoms with van der Waals surface area (Å²) in [5, 5.41) is 10.3. The summed E-state index contributed by atoms with van der Waals surface area (Å²) in [5.41, 5.74) is 5.29. The van der Waals surface area contributed by atoms with Gasteiger partial charge in [-0.05, 0) is 36.2 Å². The Morgan fingerprint density at radius 3 is 2.31 bits per heavy atom. The highest BCUT2D eigenvalue weighted by molar-refractivity contribution is 7.93. The first-order valence-corrected chi connectivity index (χ1v) is 10.4. The summed E-state index contributed by atoms with van der Waals surface area (Å²) < 4.78 is 25.4. The van der Waals surface area contributed by atoms with E-state index in [9.17, 15) is 23.1 Å². The lowest BCUT2D eigenvalue weighted by Gasteiger charge is -2.12. The fraction of sp³-hybridized carbons (Fsp3) is 0.294. The molecule has 140 valence electrons. The quantitative estimate of drug-likeness (QED) is 0.720. The van der Waals surface area contributed by atoms with Crippen LogP contribution in [-0.4, -0.2) is 31.3 Å². The van der Waals surface area contributed by atoms with Crippen LogP contribution in [0.25, 0.3) is 0 Å². The summed E-state index contributed by atoms with van der Waals surface area (Å²) in [7, 11) is -3.89.